The second-order valence-corrected chi connectivity index (χ2v) is 7.88. The number of aliphatic carboxylic acids is 2. The number of ether oxygens (including phenoxy) is 7. The fraction of sp³-hybridized carbons (Fsp3) is 0.905. The summed E-state index contributed by atoms with van der Waals surface area (Å²) >= 11 is 0. The first-order chi connectivity index (χ1) is 16.2. The van der Waals surface area contributed by atoms with Gasteiger partial charge in [0.25, 0.3) is 0 Å². The topological polar surface area (TPSA) is 168 Å². The van der Waals surface area contributed by atoms with Crippen LogP contribution in [0.4, 0.5) is 0 Å². The van der Waals surface area contributed by atoms with Crippen molar-refractivity contribution in [3.8, 4) is 0 Å². The van der Waals surface area contributed by atoms with E-state index in [1.54, 1.807) is 7.11 Å². The summed E-state index contributed by atoms with van der Waals surface area (Å²) in [6.45, 7) is 1.92. The van der Waals surface area contributed by atoms with E-state index < -0.39 is 49.6 Å². The zero-order valence-corrected chi connectivity index (χ0v) is 26.2. The Hall–Kier alpha value is 0.580. The first-order valence-corrected chi connectivity index (χ1v) is 11.0. The monoisotopic (exact) mass is 541 g/mol. The van der Waals surface area contributed by atoms with Crippen molar-refractivity contribution >= 4 is 11.9 Å². The number of carboxylic acid groups (broad SMARTS) is 2. The second kappa shape index (κ2) is 22.4. The molecular formula is C21H37NNa2O12. The Morgan fingerprint density at radius 3 is 2.08 bits per heavy atom. The number of carbonyl (C=O) groups excluding carboxylic acids is 2. The fourth-order valence-electron chi connectivity index (χ4n) is 3.62. The maximum atomic E-state index is 10.8. The Bertz CT molecular complexity index is 575. The van der Waals surface area contributed by atoms with Crippen LogP contribution >= 0.6 is 0 Å². The van der Waals surface area contributed by atoms with E-state index >= 15 is 0 Å². The van der Waals surface area contributed by atoms with E-state index in [0.29, 0.717) is 26.4 Å². The molecule has 15 heteroatoms. The number of carbonyl (C=O) groups is 2. The van der Waals surface area contributed by atoms with E-state index in [4.69, 9.17) is 33.2 Å². The molecule has 0 aromatic heterocycles. The average Bonchev–Trinajstić information content (AvgIpc) is 2.76. The Morgan fingerprint density at radius 1 is 0.944 bits per heavy atom. The standard InChI is InChI=1S/C21H39NO12.2Na/c1-14-16(13-32-12-15(23)9-22(10-17(24)25)11-18(26)27)34-21(30-4)20(29-3)19(14)33-8-7-31-6-5-28-2;;/h14-16,19-21,23H,5-13H2,1-4H3,(H,24,25)(H,26,27);;/q;2*+1/p-2/t14-,15?,16?,19+,20?,21+;;/m1../s1. The van der Waals surface area contributed by atoms with Crippen molar-refractivity contribution in [2.75, 3.05) is 80.6 Å². The summed E-state index contributed by atoms with van der Waals surface area (Å²) in [7, 11) is 4.62. The van der Waals surface area contributed by atoms with Crippen LogP contribution in [-0.4, -0.2) is 133 Å². The van der Waals surface area contributed by atoms with E-state index in [2.05, 4.69) is 0 Å². The van der Waals surface area contributed by atoms with Crippen LogP contribution < -0.4 is 69.3 Å². The average molecular weight is 542 g/mol. The van der Waals surface area contributed by atoms with Gasteiger partial charge in [-0.3, -0.25) is 4.90 Å². The van der Waals surface area contributed by atoms with Crippen LogP contribution in [0.1, 0.15) is 6.92 Å². The molecule has 1 saturated heterocycles. The van der Waals surface area contributed by atoms with Gasteiger partial charge in [0.1, 0.15) is 6.10 Å². The van der Waals surface area contributed by atoms with Gasteiger partial charge in [0.15, 0.2) is 6.29 Å². The number of nitrogens with zero attached hydrogens (tertiary/aromatic N) is 1. The van der Waals surface area contributed by atoms with E-state index in [-0.39, 0.29) is 90.9 Å². The molecule has 0 amide bonds. The number of aliphatic hydroxyl groups is 1. The van der Waals surface area contributed by atoms with Crippen LogP contribution in [0.2, 0.25) is 0 Å². The van der Waals surface area contributed by atoms with Gasteiger partial charge in [-0.25, -0.2) is 0 Å². The van der Waals surface area contributed by atoms with Crippen molar-refractivity contribution in [3.63, 3.8) is 0 Å². The molecule has 36 heavy (non-hydrogen) atoms. The molecule has 6 atom stereocenters. The third-order valence-electron chi connectivity index (χ3n) is 5.25. The molecule has 1 aliphatic rings. The summed E-state index contributed by atoms with van der Waals surface area (Å²) in [5, 5.41) is 31.7. The smallest absolute Gasteiger partial charge is 0.549 e. The molecule has 0 aromatic carbocycles. The van der Waals surface area contributed by atoms with Gasteiger partial charge in [-0.15, -0.1) is 0 Å². The molecule has 0 aliphatic carbocycles. The fourth-order valence-corrected chi connectivity index (χ4v) is 3.62. The number of carboxylic acids is 2. The Morgan fingerprint density at radius 2 is 1.56 bits per heavy atom. The van der Waals surface area contributed by atoms with Gasteiger partial charge < -0.3 is 58.1 Å². The van der Waals surface area contributed by atoms with Crippen LogP contribution in [0.15, 0.2) is 0 Å². The molecule has 13 nitrogen and oxygen atoms in total. The maximum Gasteiger partial charge on any atom is 1.00 e. The summed E-state index contributed by atoms with van der Waals surface area (Å²) in [4.78, 5) is 22.5. The number of aliphatic hydroxyl groups excluding tert-OH is 1. The number of rotatable bonds is 19. The van der Waals surface area contributed by atoms with Gasteiger partial charge in [0.05, 0.1) is 69.9 Å². The Labute approximate surface area is 256 Å². The van der Waals surface area contributed by atoms with Crippen LogP contribution in [0.25, 0.3) is 0 Å². The van der Waals surface area contributed by atoms with Gasteiger partial charge >= 0.3 is 59.1 Å². The van der Waals surface area contributed by atoms with Gasteiger partial charge in [0.2, 0.25) is 0 Å². The molecule has 1 heterocycles. The summed E-state index contributed by atoms with van der Waals surface area (Å²) in [5.74, 6) is -3.10. The van der Waals surface area contributed by atoms with E-state index in [1.807, 2.05) is 6.92 Å². The summed E-state index contributed by atoms with van der Waals surface area (Å²) < 4.78 is 38.8. The van der Waals surface area contributed by atoms with Crippen LogP contribution in [0.3, 0.4) is 0 Å². The Balaban J connectivity index is 0. The Kier molecular flexibility index (Phi) is 24.1. The van der Waals surface area contributed by atoms with E-state index in [0.717, 1.165) is 4.90 Å². The van der Waals surface area contributed by atoms with Crippen molar-refractivity contribution < 1.29 is 117 Å². The maximum absolute atomic E-state index is 10.8. The number of methoxy groups -OCH3 is 3. The van der Waals surface area contributed by atoms with Crippen LogP contribution in [0, 0.1) is 5.92 Å². The van der Waals surface area contributed by atoms with Crippen molar-refractivity contribution in [1.82, 2.24) is 4.90 Å². The van der Waals surface area contributed by atoms with Gasteiger partial charge in [0, 0.05) is 46.9 Å². The predicted octanol–water partition coefficient (Wildman–Crippen LogP) is -9.76. The molecule has 1 fully saturated rings. The van der Waals surface area contributed by atoms with Gasteiger partial charge in [-0.05, 0) is 0 Å². The third kappa shape index (κ3) is 15.2. The normalized spacial score (nSPS) is 24.6. The molecule has 1 N–H and O–H groups in total. The molecule has 0 saturated carbocycles. The van der Waals surface area contributed by atoms with Crippen molar-refractivity contribution in [1.29, 1.82) is 0 Å². The molecule has 3 unspecified atom stereocenters. The molecule has 0 bridgehead atoms. The molecule has 1 aliphatic heterocycles. The minimum atomic E-state index is -1.47. The predicted molar refractivity (Wildman–Crippen MR) is 111 cm³/mol. The quantitative estimate of drug-likeness (QED) is 0.121. The van der Waals surface area contributed by atoms with Crippen molar-refractivity contribution in [3.05, 3.63) is 0 Å². The summed E-state index contributed by atoms with van der Waals surface area (Å²) in [5.41, 5.74) is 0. The molecule has 0 spiro atoms. The van der Waals surface area contributed by atoms with Crippen LogP contribution in [-0.2, 0) is 42.7 Å². The van der Waals surface area contributed by atoms with Crippen molar-refractivity contribution in [2.45, 2.75) is 37.6 Å². The first kappa shape index (κ1) is 38.7. The minimum absolute atomic E-state index is 0. The third-order valence-corrected chi connectivity index (χ3v) is 5.25. The molecule has 0 radical (unpaired) electrons. The zero-order chi connectivity index (χ0) is 25.5. The number of hydrogen-bond acceptors (Lipinski definition) is 13. The number of hydrogen-bond donors (Lipinski definition) is 1. The minimum Gasteiger partial charge on any atom is -0.549 e. The summed E-state index contributed by atoms with van der Waals surface area (Å²) in [6, 6.07) is 0. The molecule has 1 rings (SSSR count). The molecular weight excluding hydrogens is 504 g/mol. The van der Waals surface area contributed by atoms with Crippen LogP contribution in [0.5, 0.6) is 0 Å². The molecule has 0 aromatic rings. The molecule has 200 valence electrons. The van der Waals surface area contributed by atoms with E-state index in [9.17, 15) is 24.9 Å². The first-order valence-electron chi connectivity index (χ1n) is 11.0. The van der Waals surface area contributed by atoms with Gasteiger partial charge in [-0.2, -0.15) is 0 Å². The second-order valence-electron chi connectivity index (χ2n) is 7.88. The zero-order valence-electron chi connectivity index (χ0n) is 22.2. The van der Waals surface area contributed by atoms with Crippen molar-refractivity contribution in [2.24, 2.45) is 5.92 Å². The SMILES string of the molecule is COCCOCCO[C@@H]1C(OC)[C@@H](OC)OC(COCC(O)CN(CC(=O)[O-])CC(=O)[O-])[C@H]1C.[Na+].[Na+]. The van der Waals surface area contributed by atoms with Gasteiger partial charge in [-0.1, -0.05) is 6.92 Å². The van der Waals surface area contributed by atoms with E-state index in [1.165, 1.54) is 14.2 Å². The largest absolute Gasteiger partial charge is 1.00 e. The summed E-state index contributed by atoms with van der Waals surface area (Å²) in [6.07, 6.45) is -3.16.